The fourth-order valence-corrected chi connectivity index (χ4v) is 2.84. The van der Waals surface area contributed by atoms with Crippen LogP contribution < -0.4 is 0 Å². The van der Waals surface area contributed by atoms with Crippen LogP contribution in [0.3, 0.4) is 0 Å². The molecule has 1 aliphatic rings. The molecule has 1 unspecified atom stereocenters. The molecule has 0 aromatic carbocycles. The molecule has 0 aliphatic carbocycles. The van der Waals surface area contributed by atoms with Crippen molar-refractivity contribution >= 4 is 0 Å². The molecular weight excluding hydrogens is 234 g/mol. The van der Waals surface area contributed by atoms with Gasteiger partial charge in [-0.3, -0.25) is 14.9 Å². The molecule has 1 fully saturated rings. The number of hydrogen-bond donors (Lipinski definition) is 0. The molecule has 0 bridgehead atoms. The molecule has 19 heavy (non-hydrogen) atoms. The summed E-state index contributed by atoms with van der Waals surface area (Å²) in [5.41, 5.74) is 3.80. The fraction of sp³-hybridized carbons (Fsp3) is 0.375. The standard InChI is InChI=1S/C16H19N3/c1-13-5-2-9-18-15(13)12-19-10-4-7-16(19)14-6-3-8-17-11-14/h2-3,5-6,8-9,11,16H,4,7,10,12H2,1H3. The lowest BCUT2D eigenvalue weighted by atomic mass is 10.1. The molecule has 1 aliphatic heterocycles. The van der Waals surface area contributed by atoms with Gasteiger partial charge in [-0.15, -0.1) is 0 Å². The summed E-state index contributed by atoms with van der Waals surface area (Å²) in [6, 6.07) is 8.84. The van der Waals surface area contributed by atoms with Crippen molar-refractivity contribution in [3.8, 4) is 0 Å². The topological polar surface area (TPSA) is 29.0 Å². The Balaban J connectivity index is 1.79. The van der Waals surface area contributed by atoms with E-state index in [1.807, 2.05) is 30.7 Å². The Morgan fingerprint density at radius 3 is 2.95 bits per heavy atom. The van der Waals surface area contributed by atoms with Gasteiger partial charge in [-0.1, -0.05) is 12.1 Å². The second kappa shape index (κ2) is 5.49. The van der Waals surface area contributed by atoms with Crippen LogP contribution in [-0.4, -0.2) is 21.4 Å². The Morgan fingerprint density at radius 2 is 2.16 bits per heavy atom. The van der Waals surface area contributed by atoms with Gasteiger partial charge in [0.25, 0.3) is 0 Å². The van der Waals surface area contributed by atoms with Gasteiger partial charge in [0.2, 0.25) is 0 Å². The van der Waals surface area contributed by atoms with Gasteiger partial charge in [0.05, 0.1) is 5.69 Å². The van der Waals surface area contributed by atoms with E-state index >= 15 is 0 Å². The van der Waals surface area contributed by atoms with Gasteiger partial charge >= 0.3 is 0 Å². The predicted octanol–water partition coefficient (Wildman–Crippen LogP) is 3.12. The molecular formula is C16H19N3. The van der Waals surface area contributed by atoms with Crippen LogP contribution in [0.25, 0.3) is 0 Å². The minimum absolute atomic E-state index is 0.495. The van der Waals surface area contributed by atoms with E-state index in [9.17, 15) is 0 Å². The second-order valence-corrected chi connectivity index (χ2v) is 5.18. The summed E-state index contributed by atoms with van der Waals surface area (Å²) in [4.78, 5) is 11.3. The number of rotatable bonds is 3. The zero-order valence-corrected chi connectivity index (χ0v) is 11.3. The number of likely N-dealkylation sites (tertiary alicyclic amines) is 1. The SMILES string of the molecule is Cc1cccnc1CN1CCCC1c1cccnc1. The number of aromatic nitrogens is 2. The van der Waals surface area contributed by atoms with Gasteiger partial charge in [-0.2, -0.15) is 0 Å². The van der Waals surface area contributed by atoms with E-state index in [1.165, 1.54) is 29.7 Å². The van der Waals surface area contributed by atoms with Crippen LogP contribution in [0.15, 0.2) is 42.9 Å². The lowest BCUT2D eigenvalue weighted by Crippen LogP contribution is -2.23. The molecule has 98 valence electrons. The maximum Gasteiger partial charge on any atom is 0.0573 e. The summed E-state index contributed by atoms with van der Waals surface area (Å²) < 4.78 is 0. The fourth-order valence-electron chi connectivity index (χ4n) is 2.84. The molecule has 0 N–H and O–H groups in total. The maximum absolute atomic E-state index is 4.51. The molecule has 0 saturated carbocycles. The van der Waals surface area contributed by atoms with E-state index in [-0.39, 0.29) is 0 Å². The van der Waals surface area contributed by atoms with Crippen LogP contribution in [0, 0.1) is 6.92 Å². The van der Waals surface area contributed by atoms with Crippen LogP contribution in [0.4, 0.5) is 0 Å². The van der Waals surface area contributed by atoms with Crippen LogP contribution in [-0.2, 0) is 6.54 Å². The van der Waals surface area contributed by atoms with Crippen molar-refractivity contribution in [1.29, 1.82) is 0 Å². The summed E-state index contributed by atoms with van der Waals surface area (Å²) >= 11 is 0. The summed E-state index contributed by atoms with van der Waals surface area (Å²) in [6.45, 7) is 4.22. The third kappa shape index (κ3) is 2.66. The highest BCUT2D eigenvalue weighted by Gasteiger charge is 2.26. The molecule has 1 atom stereocenters. The van der Waals surface area contributed by atoms with Crippen molar-refractivity contribution in [3.05, 3.63) is 59.7 Å². The number of aryl methyl sites for hydroxylation is 1. The van der Waals surface area contributed by atoms with Crippen molar-refractivity contribution in [2.45, 2.75) is 32.4 Å². The minimum Gasteiger partial charge on any atom is -0.290 e. The number of hydrogen-bond acceptors (Lipinski definition) is 3. The first kappa shape index (κ1) is 12.3. The number of pyridine rings is 2. The van der Waals surface area contributed by atoms with Crippen LogP contribution in [0.5, 0.6) is 0 Å². The molecule has 3 heterocycles. The van der Waals surface area contributed by atoms with E-state index < -0.39 is 0 Å². The maximum atomic E-state index is 4.51. The molecule has 0 spiro atoms. The van der Waals surface area contributed by atoms with E-state index in [0.717, 1.165) is 13.1 Å². The van der Waals surface area contributed by atoms with Gasteiger partial charge in [-0.05, 0) is 49.6 Å². The van der Waals surface area contributed by atoms with Crippen molar-refractivity contribution < 1.29 is 0 Å². The van der Waals surface area contributed by atoms with Gasteiger partial charge in [0.15, 0.2) is 0 Å². The Hall–Kier alpha value is -1.74. The lowest BCUT2D eigenvalue weighted by molar-refractivity contribution is 0.244. The highest BCUT2D eigenvalue weighted by atomic mass is 15.2. The smallest absolute Gasteiger partial charge is 0.0573 e. The van der Waals surface area contributed by atoms with Crippen molar-refractivity contribution in [2.75, 3.05) is 6.54 Å². The normalized spacial score (nSPS) is 19.7. The highest BCUT2D eigenvalue weighted by Crippen LogP contribution is 2.32. The Labute approximate surface area is 114 Å². The predicted molar refractivity (Wildman–Crippen MR) is 75.6 cm³/mol. The molecule has 3 heteroatoms. The van der Waals surface area contributed by atoms with Crippen LogP contribution in [0.2, 0.25) is 0 Å². The van der Waals surface area contributed by atoms with Crippen molar-refractivity contribution in [3.63, 3.8) is 0 Å². The summed E-state index contributed by atoms with van der Waals surface area (Å²) in [6.07, 6.45) is 8.19. The third-order valence-electron chi connectivity index (χ3n) is 3.90. The Bertz CT molecular complexity index is 539. The van der Waals surface area contributed by atoms with Gasteiger partial charge < -0.3 is 0 Å². The van der Waals surface area contributed by atoms with Crippen molar-refractivity contribution in [2.24, 2.45) is 0 Å². The Morgan fingerprint density at radius 1 is 1.26 bits per heavy atom. The largest absolute Gasteiger partial charge is 0.290 e. The van der Waals surface area contributed by atoms with E-state index in [0.29, 0.717) is 6.04 Å². The quantitative estimate of drug-likeness (QED) is 0.841. The monoisotopic (exact) mass is 253 g/mol. The lowest BCUT2D eigenvalue weighted by Gasteiger charge is -2.24. The number of nitrogens with zero attached hydrogens (tertiary/aromatic N) is 3. The molecule has 3 rings (SSSR count). The summed E-state index contributed by atoms with van der Waals surface area (Å²) in [5, 5.41) is 0. The first-order chi connectivity index (χ1) is 9.34. The van der Waals surface area contributed by atoms with Crippen LogP contribution in [0.1, 0.15) is 35.7 Å². The van der Waals surface area contributed by atoms with Gasteiger partial charge in [0.1, 0.15) is 0 Å². The zero-order valence-electron chi connectivity index (χ0n) is 11.3. The zero-order chi connectivity index (χ0) is 13.1. The van der Waals surface area contributed by atoms with Gasteiger partial charge in [0, 0.05) is 31.2 Å². The first-order valence-corrected chi connectivity index (χ1v) is 6.89. The molecule has 0 amide bonds. The van der Waals surface area contributed by atoms with E-state index in [2.05, 4.69) is 33.9 Å². The van der Waals surface area contributed by atoms with Gasteiger partial charge in [-0.25, -0.2) is 0 Å². The van der Waals surface area contributed by atoms with E-state index in [4.69, 9.17) is 0 Å². The molecule has 2 aromatic rings. The Kier molecular flexibility index (Phi) is 3.56. The summed E-state index contributed by atoms with van der Waals surface area (Å²) in [7, 11) is 0. The van der Waals surface area contributed by atoms with Crippen molar-refractivity contribution in [1.82, 2.24) is 14.9 Å². The summed E-state index contributed by atoms with van der Waals surface area (Å²) in [5.74, 6) is 0. The van der Waals surface area contributed by atoms with E-state index in [1.54, 1.807) is 0 Å². The average Bonchev–Trinajstić information content (AvgIpc) is 2.91. The molecule has 2 aromatic heterocycles. The minimum atomic E-state index is 0.495. The highest BCUT2D eigenvalue weighted by molar-refractivity contribution is 5.20. The third-order valence-corrected chi connectivity index (χ3v) is 3.90. The van der Waals surface area contributed by atoms with Crippen LogP contribution >= 0.6 is 0 Å². The second-order valence-electron chi connectivity index (χ2n) is 5.18. The average molecular weight is 253 g/mol. The molecule has 3 nitrogen and oxygen atoms in total. The molecule has 0 radical (unpaired) electrons. The molecule has 1 saturated heterocycles. The first-order valence-electron chi connectivity index (χ1n) is 6.89.